The first kappa shape index (κ1) is 14.9. The van der Waals surface area contributed by atoms with E-state index < -0.39 is 5.63 Å². The van der Waals surface area contributed by atoms with Crippen LogP contribution in [0.2, 0.25) is 0 Å². The van der Waals surface area contributed by atoms with Crippen molar-refractivity contribution in [2.45, 2.75) is 38.6 Å². The number of aromatic hydroxyl groups is 1. The van der Waals surface area contributed by atoms with Gasteiger partial charge in [-0.3, -0.25) is 0 Å². The van der Waals surface area contributed by atoms with Crippen molar-refractivity contribution in [3.05, 3.63) is 33.7 Å². The lowest BCUT2D eigenvalue weighted by atomic mass is 9.98. The normalized spacial score (nSPS) is 19.4. The summed E-state index contributed by atoms with van der Waals surface area (Å²) in [5.74, 6) is 0.0677. The molecule has 2 N–H and O–H groups in total. The summed E-state index contributed by atoms with van der Waals surface area (Å²) < 4.78 is 16.0. The largest absolute Gasteiger partial charge is 0.508 e. The minimum Gasteiger partial charge on any atom is -0.508 e. The van der Waals surface area contributed by atoms with Crippen molar-refractivity contribution in [2.24, 2.45) is 0 Å². The standard InChI is InChI=1S/C16H18O6/c1-16(2)13(22-16)6-10-9-5-11(18)8(7-17)4-12(9)21-15(19)14(10)20-3/h4-5,13,17-18H,6-7H2,1-3H3. The highest BCUT2D eigenvalue weighted by Gasteiger charge is 2.48. The van der Waals surface area contributed by atoms with E-state index in [2.05, 4.69) is 0 Å². The predicted octanol–water partition coefficient (Wildman–Crippen LogP) is 1.72. The second kappa shape index (κ2) is 5.00. The van der Waals surface area contributed by atoms with Crippen molar-refractivity contribution in [3.63, 3.8) is 0 Å². The summed E-state index contributed by atoms with van der Waals surface area (Å²) in [6.07, 6.45) is 0.460. The summed E-state index contributed by atoms with van der Waals surface area (Å²) in [7, 11) is 1.41. The maximum Gasteiger partial charge on any atom is 0.379 e. The SMILES string of the molecule is COc1c(CC2OC2(C)C)c2cc(O)c(CO)cc2oc1=O. The highest BCUT2D eigenvalue weighted by Crippen LogP contribution is 2.40. The molecule has 1 fully saturated rings. The zero-order valence-corrected chi connectivity index (χ0v) is 12.7. The Labute approximate surface area is 126 Å². The fourth-order valence-corrected chi connectivity index (χ4v) is 2.66. The molecule has 0 aliphatic carbocycles. The molecule has 1 unspecified atom stereocenters. The number of aliphatic hydroxyl groups is 1. The van der Waals surface area contributed by atoms with Gasteiger partial charge in [0.2, 0.25) is 5.75 Å². The molecule has 1 aliphatic rings. The summed E-state index contributed by atoms with van der Waals surface area (Å²) in [6, 6.07) is 2.95. The van der Waals surface area contributed by atoms with Crippen molar-refractivity contribution in [1.82, 2.24) is 0 Å². The number of phenols is 1. The second-order valence-corrected chi connectivity index (χ2v) is 5.95. The Kier molecular flexibility index (Phi) is 3.38. The van der Waals surface area contributed by atoms with Gasteiger partial charge in [0.05, 0.1) is 25.4 Å². The van der Waals surface area contributed by atoms with E-state index in [9.17, 15) is 15.0 Å². The average Bonchev–Trinajstić information content (AvgIpc) is 3.06. The van der Waals surface area contributed by atoms with Crippen LogP contribution in [0.25, 0.3) is 11.0 Å². The number of aliphatic hydroxyl groups excluding tert-OH is 1. The summed E-state index contributed by atoms with van der Waals surface area (Å²) in [4.78, 5) is 12.1. The number of rotatable bonds is 4. The molecule has 0 spiro atoms. The van der Waals surface area contributed by atoms with Crippen LogP contribution in [-0.4, -0.2) is 29.0 Å². The number of hydrogen-bond acceptors (Lipinski definition) is 6. The molecule has 0 bridgehead atoms. The topological polar surface area (TPSA) is 92.4 Å². The number of benzene rings is 1. The molecule has 2 aromatic rings. The molecule has 2 heterocycles. The molecule has 1 aromatic heterocycles. The zero-order valence-electron chi connectivity index (χ0n) is 12.7. The maximum atomic E-state index is 12.1. The molecule has 3 rings (SSSR count). The summed E-state index contributed by atoms with van der Waals surface area (Å²) in [5.41, 5.74) is 0.429. The van der Waals surface area contributed by atoms with E-state index in [1.54, 1.807) is 0 Å². The first-order chi connectivity index (χ1) is 10.4. The van der Waals surface area contributed by atoms with Crippen LogP contribution in [0.15, 0.2) is 21.3 Å². The molecule has 1 aromatic carbocycles. The first-order valence-electron chi connectivity index (χ1n) is 7.01. The van der Waals surface area contributed by atoms with E-state index in [0.717, 1.165) is 0 Å². The van der Waals surface area contributed by atoms with Gasteiger partial charge in [-0.25, -0.2) is 4.79 Å². The van der Waals surface area contributed by atoms with Gasteiger partial charge in [-0.1, -0.05) is 0 Å². The van der Waals surface area contributed by atoms with Gasteiger partial charge in [0.1, 0.15) is 11.3 Å². The van der Waals surface area contributed by atoms with Crippen LogP contribution >= 0.6 is 0 Å². The number of fused-ring (bicyclic) bond motifs is 1. The van der Waals surface area contributed by atoms with Crippen LogP contribution in [0.3, 0.4) is 0 Å². The van der Waals surface area contributed by atoms with Crippen molar-refractivity contribution < 1.29 is 24.1 Å². The van der Waals surface area contributed by atoms with Crippen LogP contribution in [0.5, 0.6) is 11.5 Å². The van der Waals surface area contributed by atoms with Gasteiger partial charge < -0.3 is 24.1 Å². The summed E-state index contributed by atoms with van der Waals surface area (Å²) in [6.45, 7) is 3.60. The lowest BCUT2D eigenvalue weighted by Crippen LogP contribution is -2.12. The average molecular weight is 306 g/mol. The van der Waals surface area contributed by atoms with E-state index in [-0.39, 0.29) is 29.8 Å². The van der Waals surface area contributed by atoms with Crippen LogP contribution in [0, 0.1) is 0 Å². The monoisotopic (exact) mass is 306 g/mol. The third-order valence-corrected chi connectivity index (χ3v) is 4.10. The highest BCUT2D eigenvalue weighted by molar-refractivity contribution is 5.84. The molecule has 22 heavy (non-hydrogen) atoms. The second-order valence-electron chi connectivity index (χ2n) is 5.95. The van der Waals surface area contributed by atoms with Gasteiger partial charge in [0.25, 0.3) is 0 Å². The molecule has 118 valence electrons. The van der Waals surface area contributed by atoms with E-state index in [0.29, 0.717) is 28.5 Å². The van der Waals surface area contributed by atoms with Gasteiger partial charge in [-0.15, -0.1) is 0 Å². The Bertz CT molecular complexity index is 789. The lowest BCUT2D eigenvalue weighted by Gasteiger charge is -2.11. The van der Waals surface area contributed by atoms with Crippen LogP contribution in [-0.2, 0) is 17.8 Å². The van der Waals surface area contributed by atoms with E-state index in [1.165, 1.54) is 19.2 Å². The van der Waals surface area contributed by atoms with Crippen molar-refractivity contribution in [2.75, 3.05) is 7.11 Å². The van der Waals surface area contributed by atoms with E-state index in [1.807, 2.05) is 13.8 Å². The molecule has 6 nitrogen and oxygen atoms in total. The molecule has 0 saturated carbocycles. The van der Waals surface area contributed by atoms with Gasteiger partial charge >= 0.3 is 5.63 Å². The minimum absolute atomic E-state index is 0.0222. The molecule has 0 radical (unpaired) electrons. The fourth-order valence-electron chi connectivity index (χ4n) is 2.66. The summed E-state index contributed by atoms with van der Waals surface area (Å²) >= 11 is 0. The van der Waals surface area contributed by atoms with E-state index >= 15 is 0 Å². The molecular weight excluding hydrogens is 288 g/mol. The van der Waals surface area contributed by atoms with Gasteiger partial charge in [-0.2, -0.15) is 0 Å². The quantitative estimate of drug-likeness (QED) is 0.660. The highest BCUT2D eigenvalue weighted by atomic mass is 16.6. The zero-order chi connectivity index (χ0) is 16.1. The number of methoxy groups -OCH3 is 1. The smallest absolute Gasteiger partial charge is 0.379 e. The minimum atomic E-state index is -0.585. The Balaban J connectivity index is 2.21. The number of epoxide rings is 1. The molecule has 1 saturated heterocycles. The van der Waals surface area contributed by atoms with Crippen LogP contribution < -0.4 is 10.4 Å². The fraction of sp³-hybridized carbons (Fsp3) is 0.438. The Morgan fingerprint density at radius 1 is 1.36 bits per heavy atom. The first-order valence-corrected chi connectivity index (χ1v) is 7.01. The number of ether oxygens (including phenoxy) is 2. The molecule has 1 aliphatic heterocycles. The van der Waals surface area contributed by atoms with Crippen molar-refractivity contribution in [1.29, 1.82) is 0 Å². The van der Waals surface area contributed by atoms with Crippen molar-refractivity contribution >= 4 is 11.0 Å². The predicted molar refractivity (Wildman–Crippen MR) is 79.3 cm³/mol. The van der Waals surface area contributed by atoms with Gasteiger partial charge in [-0.05, 0) is 26.0 Å². The van der Waals surface area contributed by atoms with E-state index in [4.69, 9.17) is 13.9 Å². The molecule has 0 amide bonds. The summed E-state index contributed by atoms with van der Waals surface area (Å²) in [5, 5.41) is 19.8. The third-order valence-electron chi connectivity index (χ3n) is 4.10. The molecule has 6 heteroatoms. The maximum absolute atomic E-state index is 12.1. The Morgan fingerprint density at radius 2 is 2.05 bits per heavy atom. The molecular formula is C16H18O6. The molecule has 1 atom stereocenters. The lowest BCUT2D eigenvalue weighted by molar-refractivity contribution is 0.275. The third kappa shape index (κ3) is 2.34. The Hall–Kier alpha value is -2.05. The van der Waals surface area contributed by atoms with Crippen molar-refractivity contribution in [3.8, 4) is 11.5 Å². The number of hydrogen-bond donors (Lipinski definition) is 2. The Morgan fingerprint density at radius 3 is 2.59 bits per heavy atom. The van der Waals surface area contributed by atoms with Crippen LogP contribution in [0.1, 0.15) is 25.0 Å². The van der Waals surface area contributed by atoms with Gasteiger partial charge in [0, 0.05) is 22.9 Å². The van der Waals surface area contributed by atoms with Crippen LogP contribution in [0.4, 0.5) is 0 Å². The van der Waals surface area contributed by atoms with Gasteiger partial charge in [0.15, 0.2) is 0 Å².